The summed E-state index contributed by atoms with van der Waals surface area (Å²) in [6.07, 6.45) is -2.72. The minimum Gasteiger partial charge on any atom is -0.350 e. The average Bonchev–Trinajstić information content (AvgIpc) is 3.15. The first-order chi connectivity index (χ1) is 12.6. The number of carbonyl (C=O) groups excluding carboxylic acids is 1. The van der Waals surface area contributed by atoms with Crippen LogP contribution in [0.1, 0.15) is 75.9 Å². The lowest BCUT2D eigenvalue weighted by molar-refractivity contribution is -0.137. The Bertz CT molecular complexity index is 542. The Morgan fingerprint density at radius 2 is 1.63 bits per heavy atom. The molecule has 1 aliphatic rings. The molecule has 1 atom stereocenters. The van der Waals surface area contributed by atoms with Crippen LogP contribution < -0.4 is 10.6 Å². The van der Waals surface area contributed by atoms with Crippen molar-refractivity contribution in [2.75, 3.05) is 13.1 Å². The smallest absolute Gasteiger partial charge is 0.350 e. The van der Waals surface area contributed by atoms with Crippen LogP contribution in [0.15, 0.2) is 18.2 Å². The third kappa shape index (κ3) is 8.28. The lowest BCUT2D eigenvalue weighted by atomic mass is 9.95. The van der Waals surface area contributed by atoms with Crippen LogP contribution in [0.2, 0.25) is 0 Å². The zero-order valence-electron chi connectivity index (χ0n) is 17.1. The first-order valence-electron chi connectivity index (χ1n) is 9.50. The van der Waals surface area contributed by atoms with E-state index in [0.29, 0.717) is 6.54 Å². The van der Waals surface area contributed by atoms with Crippen molar-refractivity contribution in [3.05, 3.63) is 34.9 Å². The molecule has 1 fully saturated rings. The van der Waals surface area contributed by atoms with Gasteiger partial charge in [-0.25, -0.2) is 4.39 Å². The van der Waals surface area contributed by atoms with Crippen LogP contribution in [0.25, 0.3) is 0 Å². The number of alkyl halides is 4. The second kappa shape index (κ2) is 11.3. The highest BCUT2D eigenvalue weighted by Gasteiger charge is 2.34. The Kier molecular flexibility index (Phi) is 10.6. The number of hydrogen-bond donors (Lipinski definition) is 2. The van der Waals surface area contributed by atoms with E-state index in [1.54, 1.807) is 0 Å². The molecule has 1 amide bonds. The summed E-state index contributed by atoms with van der Waals surface area (Å²) < 4.78 is 53.0. The number of hydrogen-bond acceptors (Lipinski definition) is 2. The van der Waals surface area contributed by atoms with Gasteiger partial charge in [-0.1, -0.05) is 27.7 Å². The van der Waals surface area contributed by atoms with Crippen LogP contribution in [-0.4, -0.2) is 25.0 Å². The van der Waals surface area contributed by atoms with Gasteiger partial charge in [0, 0.05) is 18.2 Å². The largest absolute Gasteiger partial charge is 0.416 e. The quantitative estimate of drug-likeness (QED) is 0.670. The summed E-state index contributed by atoms with van der Waals surface area (Å²) in [4.78, 5) is 12.1. The van der Waals surface area contributed by atoms with Gasteiger partial charge in [0.1, 0.15) is 5.67 Å². The van der Waals surface area contributed by atoms with Gasteiger partial charge in [0.15, 0.2) is 0 Å². The summed E-state index contributed by atoms with van der Waals surface area (Å²) in [5.74, 6) is -0.629. The Hall–Kier alpha value is -1.63. The molecule has 1 unspecified atom stereocenters. The van der Waals surface area contributed by atoms with Crippen LogP contribution in [0, 0.1) is 0 Å². The van der Waals surface area contributed by atoms with Crippen molar-refractivity contribution in [3.8, 4) is 0 Å². The van der Waals surface area contributed by atoms with Crippen molar-refractivity contribution in [1.29, 1.82) is 0 Å². The van der Waals surface area contributed by atoms with Gasteiger partial charge in [0.05, 0.1) is 5.56 Å². The van der Waals surface area contributed by atoms with Gasteiger partial charge >= 0.3 is 6.18 Å². The summed E-state index contributed by atoms with van der Waals surface area (Å²) >= 11 is 0. The first kappa shape index (κ1) is 25.4. The Balaban J connectivity index is 0.00000158. The number of carbonyl (C=O) groups is 1. The van der Waals surface area contributed by atoms with Gasteiger partial charge in [-0.2, -0.15) is 13.2 Å². The van der Waals surface area contributed by atoms with E-state index < -0.39 is 23.3 Å². The lowest BCUT2D eigenvalue weighted by Crippen LogP contribution is -2.37. The van der Waals surface area contributed by atoms with Crippen molar-refractivity contribution < 1.29 is 22.4 Å². The lowest BCUT2D eigenvalue weighted by Gasteiger charge is -2.19. The molecule has 0 radical (unpaired) electrons. The summed E-state index contributed by atoms with van der Waals surface area (Å²) in [6, 6.07) is 2.80. The van der Waals surface area contributed by atoms with Crippen molar-refractivity contribution in [2.24, 2.45) is 0 Å². The zero-order valence-corrected chi connectivity index (χ0v) is 17.1. The monoisotopic (exact) mass is 392 g/mol. The van der Waals surface area contributed by atoms with Crippen LogP contribution in [0.4, 0.5) is 17.6 Å². The topological polar surface area (TPSA) is 41.1 Å². The molecule has 2 rings (SSSR count). The van der Waals surface area contributed by atoms with Crippen LogP contribution in [-0.2, 0) is 11.8 Å². The van der Waals surface area contributed by atoms with Crippen molar-refractivity contribution in [2.45, 2.75) is 72.3 Å². The third-order valence-corrected chi connectivity index (χ3v) is 3.88. The van der Waals surface area contributed by atoms with Crippen LogP contribution in [0.5, 0.6) is 0 Å². The molecule has 0 aromatic heterocycles. The summed E-state index contributed by atoms with van der Waals surface area (Å²) in [6.45, 7) is 11.5. The predicted octanol–water partition coefficient (Wildman–Crippen LogP) is 5.44. The minimum atomic E-state index is -4.64. The number of rotatable bonds is 4. The molecule has 1 heterocycles. The van der Waals surface area contributed by atoms with E-state index in [1.165, 1.54) is 6.07 Å². The molecule has 1 aromatic rings. The van der Waals surface area contributed by atoms with Crippen LogP contribution >= 0.6 is 0 Å². The molecule has 1 aromatic carbocycles. The van der Waals surface area contributed by atoms with Crippen molar-refractivity contribution in [3.63, 3.8) is 0 Å². The fourth-order valence-corrected chi connectivity index (χ4v) is 2.51. The van der Waals surface area contributed by atoms with Gasteiger partial charge in [0.2, 0.25) is 0 Å². The molecule has 0 bridgehead atoms. The number of benzene rings is 1. The predicted molar refractivity (Wildman–Crippen MR) is 102 cm³/mol. The molecule has 0 aliphatic carbocycles. The molecule has 156 valence electrons. The van der Waals surface area contributed by atoms with Gasteiger partial charge in [-0.05, 0) is 57.0 Å². The molecule has 0 spiro atoms. The maximum atomic E-state index is 14.1. The summed E-state index contributed by atoms with van der Waals surface area (Å²) in [7, 11) is 0. The standard InChI is InChI=1S/C16H20F4N2O.2C2H6/c1-15(2,17)11-6-10(7-12(8-11)16(18,19)20)14(23)22-9-13-4-3-5-21-13;2*1-2/h6-8,13,21H,3-5,9H2,1-2H3,(H,22,23);2*1-2H3. The van der Waals surface area contributed by atoms with Gasteiger partial charge in [0.25, 0.3) is 5.91 Å². The molecular formula is C20H32F4N2O. The molecule has 0 saturated carbocycles. The van der Waals surface area contributed by atoms with E-state index in [1.807, 2.05) is 27.7 Å². The first-order valence-corrected chi connectivity index (χ1v) is 9.50. The van der Waals surface area contributed by atoms with E-state index in [2.05, 4.69) is 10.6 Å². The number of amides is 1. The molecule has 1 saturated heterocycles. The van der Waals surface area contributed by atoms with Crippen molar-refractivity contribution >= 4 is 5.91 Å². The molecule has 27 heavy (non-hydrogen) atoms. The highest BCUT2D eigenvalue weighted by Crippen LogP contribution is 2.34. The summed E-state index contributed by atoms with van der Waals surface area (Å²) in [5, 5.41) is 5.79. The van der Waals surface area contributed by atoms with E-state index in [0.717, 1.165) is 45.4 Å². The minimum absolute atomic E-state index is 0.127. The molecule has 7 heteroatoms. The fraction of sp³-hybridized carbons (Fsp3) is 0.650. The Morgan fingerprint density at radius 3 is 2.07 bits per heavy atom. The second-order valence-corrected chi connectivity index (χ2v) is 6.27. The fourth-order valence-electron chi connectivity index (χ4n) is 2.51. The van der Waals surface area contributed by atoms with Gasteiger partial charge in [-0.3, -0.25) is 4.79 Å². The van der Waals surface area contributed by atoms with Gasteiger partial charge < -0.3 is 10.6 Å². The molecule has 2 N–H and O–H groups in total. The van der Waals surface area contributed by atoms with E-state index in [4.69, 9.17) is 0 Å². The number of halogens is 4. The zero-order chi connectivity index (χ0) is 21.3. The highest BCUT2D eigenvalue weighted by atomic mass is 19.4. The molecule has 1 aliphatic heterocycles. The second-order valence-electron chi connectivity index (χ2n) is 6.27. The maximum absolute atomic E-state index is 14.1. The van der Waals surface area contributed by atoms with E-state index in [-0.39, 0.29) is 17.2 Å². The average molecular weight is 392 g/mol. The number of nitrogens with one attached hydrogen (secondary N) is 2. The maximum Gasteiger partial charge on any atom is 0.416 e. The molecular weight excluding hydrogens is 360 g/mol. The highest BCUT2D eigenvalue weighted by molar-refractivity contribution is 5.94. The van der Waals surface area contributed by atoms with E-state index >= 15 is 0 Å². The SMILES string of the molecule is CC.CC.CC(C)(F)c1cc(C(=O)NCC2CCCN2)cc(C(F)(F)F)c1. The van der Waals surface area contributed by atoms with Gasteiger partial charge in [-0.15, -0.1) is 0 Å². The van der Waals surface area contributed by atoms with Crippen LogP contribution in [0.3, 0.4) is 0 Å². The summed E-state index contributed by atoms with van der Waals surface area (Å²) in [5.41, 5.74) is -3.34. The van der Waals surface area contributed by atoms with Crippen molar-refractivity contribution in [1.82, 2.24) is 10.6 Å². The third-order valence-electron chi connectivity index (χ3n) is 3.88. The Labute approximate surface area is 159 Å². The molecule has 3 nitrogen and oxygen atoms in total. The Morgan fingerprint density at radius 1 is 1.07 bits per heavy atom. The normalized spacial score (nSPS) is 16.6. The van der Waals surface area contributed by atoms with E-state index in [9.17, 15) is 22.4 Å².